The van der Waals surface area contributed by atoms with Gasteiger partial charge in [-0.05, 0) is 29.9 Å². The summed E-state index contributed by atoms with van der Waals surface area (Å²) in [7, 11) is -3.01. The third-order valence-electron chi connectivity index (χ3n) is 2.77. The van der Waals surface area contributed by atoms with Gasteiger partial charge in [0.25, 0.3) is 0 Å². The van der Waals surface area contributed by atoms with E-state index in [1.165, 1.54) is 11.8 Å². The Kier molecular flexibility index (Phi) is 5.35. The molecule has 0 aromatic heterocycles. The smallest absolute Gasteiger partial charge is 0.147 e. The number of hydrogen-bond acceptors (Lipinski definition) is 3. The zero-order chi connectivity index (χ0) is 13.8. The van der Waals surface area contributed by atoms with E-state index in [2.05, 4.69) is 13.8 Å². The van der Waals surface area contributed by atoms with Crippen LogP contribution in [0.15, 0.2) is 24.3 Å². The van der Waals surface area contributed by atoms with Gasteiger partial charge < -0.3 is 5.11 Å². The molecular weight excluding hydrogens is 248 g/mol. The van der Waals surface area contributed by atoms with Crippen LogP contribution in [0.5, 0.6) is 0 Å². The topological polar surface area (TPSA) is 54.4 Å². The van der Waals surface area contributed by atoms with Gasteiger partial charge in [0.15, 0.2) is 0 Å². The lowest BCUT2D eigenvalue weighted by Crippen LogP contribution is -2.08. The number of benzene rings is 1. The molecule has 1 N–H and O–H groups in total. The Morgan fingerprint density at radius 3 is 2.17 bits per heavy atom. The molecule has 0 radical (unpaired) electrons. The van der Waals surface area contributed by atoms with Gasteiger partial charge in [-0.15, -0.1) is 0 Å². The van der Waals surface area contributed by atoms with E-state index in [0.717, 1.165) is 12.0 Å². The van der Waals surface area contributed by atoms with Crippen molar-refractivity contribution < 1.29 is 13.5 Å². The predicted molar refractivity (Wildman–Crippen MR) is 74.3 cm³/mol. The summed E-state index contributed by atoms with van der Waals surface area (Å²) in [6.07, 6.45) is 1.75. The highest BCUT2D eigenvalue weighted by molar-refractivity contribution is 7.90. The van der Waals surface area contributed by atoms with E-state index >= 15 is 0 Å². The summed E-state index contributed by atoms with van der Waals surface area (Å²) in [6, 6.07) is 7.76. The normalized spacial score (nSPS) is 13.8. The quantitative estimate of drug-likeness (QED) is 0.863. The van der Waals surface area contributed by atoms with E-state index in [4.69, 9.17) is 0 Å². The summed E-state index contributed by atoms with van der Waals surface area (Å²) >= 11 is 0. The van der Waals surface area contributed by atoms with Crippen LogP contribution in [0.2, 0.25) is 0 Å². The fraction of sp³-hybridized carbons (Fsp3) is 0.571. The summed E-state index contributed by atoms with van der Waals surface area (Å²) < 4.78 is 22.1. The maximum atomic E-state index is 11.0. The van der Waals surface area contributed by atoms with E-state index in [1.54, 1.807) is 0 Å². The van der Waals surface area contributed by atoms with Gasteiger partial charge in [-0.25, -0.2) is 8.42 Å². The molecule has 0 aliphatic rings. The second-order valence-corrected chi connectivity index (χ2v) is 7.53. The minimum Gasteiger partial charge on any atom is -0.388 e. The first kappa shape index (κ1) is 15.2. The van der Waals surface area contributed by atoms with Crippen molar-refractivity contribution in [2.75, 3.05) is 12.0 Å². The van der Waals surface area contributed by atoms with E-state index in [9.17, 15) is 13.5 Å². The van der Waals surface area contributed by atoms with E-state index < -0.39 is 15.9 Å². The van der Waals surface area contributed by atoms with Gasteiger partial charge in [0, 0.05) is 6.26 Å². The minimum atomic E-state index is -3.01. The third kappa shape index (κ3) is 5.65. The highest BCUT2D eigenvalue weighted by atomic mass is 32.2. The maximum Gasteiger partial charge on any atom is 0.147 e. The molecule has 1 unspecified atom stereocenters. The van der Waals surface area contributed by atoms with Crippen molar-refractivity contribution >= 4 is 9.84 Å². The molecule has 0 heterocycles. The average molecular weight is 270 g/mol. The molecule has 1 aromatic carbocycles. The van der Waals surface area contributed by atoms with Gasteiger partial charge in [0.1, 0.15) is 9.84 Å². The molecule has 0 fully saturated rings. The van der Waals surface area contributed by atoms with Crippen molar-refractivity contribution in [2.45, 2.75) is 32.8 Å². The molecular formula is C14H22O3S. The summed E-state index contributed by atoms with van der Waals surface area (Å²) in [5, 5.41) is 9.89. The number of rotatable bonds is 6. The monoisotopic (exact) mass is 270 g/mol. The van der Waals surface area contributed by atoms with Crippen LogP contribution in [0.3, 0.4) is 0 Å². The molecule has 4 heteroatoms. The molecule has 0 amide bonds. The fourth-order valence-corrected chi connectivity index (χ4v) is 2.49. The SMILES string of the molecule is CC(C)Cc1ccc(C(O)CCS(C)(=O)=O)cc1. The minimum absolute atomic E-state index is 0.0158. The molecule has 0 spiro atoms. The molecule has 102 valence electrons. The van der Waals surface area contributed by atoms with Crippen LogP contribution in [0.1, 0.15) is 37.5 Å². The van der Waals surface area contributed by atoms with Crippen molar-refractivity contribution in [2.24, 2.45) is 5.92 Å². The Bertz CT molecular complexity index is 460. The first-order chi connectivity index (χ1) is 8.28. The van der Waals surface area contributed by atoms with Gasteiger partial charge in [-0.1, -0.05) is 38.1 Å². The second kappa shape index (κ2) is 6.34. The first-order valence-electron chi connectivity index (χ1n) is 6.22. The molecule has 1 atom stereocenters. The largest absolute Gasteiger partial charge is 0.388 e. The molecule has 0 saturated carbocycles. The number of sulfone groups is 1. The maximum absolute atomic E-state index is 11.0. The van der Waals surface area contributed by atoms with Crippen molar-refractivity contribution in [3.8, 4) is 0 Å². The second-order valence-electron chi connectivity index (χ2n) is 5.27. The summed E-state index contributed by atoms with van der Waals surface area (Å²) in [5.41, 5.74) is 2.02. The zero-order valence-corrected chi connectivity index (χ0v) is 12.1. The average Bonchev–Trinajstić information content (AvgIpc) is 2.25. The highest BCUT2D eigenvalue weighted by Crippen LogP contribution is 2.19. The number of hydrogen-bond donors (Lipinski definition) is 1. The fourth-order valence-electron chi connectivity index (χ4n) is 1.84. The van der Waals surface area contributed by atoms with Crippen LogP contribution < -0.4 is 0 Å². The Morgan fingerprint density at radius 1 is 1.17 bits per heavy atom. The Labute approximate surface area is 110 Å². The van der Waals surface area contributed by atoms with Crippen LogP contribution in [0, 0.1) is 5.92 Å². The molecule has 18 heavy (non-hydrogen) atoms. The van der Waals surface area contributed by atoms with E-state index in [1.807, 2.05) is 24.3 Å². The zero-order valence-electron chi connectivity index (χ0n) is 11.3. The van der Waals surface area contributed by atoms with Crippen molar-refractivity contribution in [1.82, 2.24) is 0 Å². The Hall–Kier alpha value is -0.870. The van der Waals surface area contributed by atoms with E-state index in [-0.39, 0.29) is 12.2 Å². The predicted octanol–water partition coefficient (Wildman–Crippen LogP) is 2.35. The molecule has 0 aliphatic carbocycles. The van der Waals surface area contributed by atoms with E-state index in [0.29, 0.717) is 5.92 Å². The van der Waals surface area contributed by atoms with Crippen molar-refractivity contribution in [3.63, 3.8) is 0 Å². The van der Waals surface area contributed by atoms with Crippen LogP contribution in [-0.4, -0.2) is 25.5 Å². The van der Waals surface area contributed by atoms with Crippen LogP contribution >= 0.6 is 0 Å². The lowest BCUT2D eigenvalue weighted by atomic mass is 10.00. The van der Waals surface area contributed by atoms with Crippen LogP contribution in [0.25, 0.3) is 0 Å². The highest BCUT2D eigenvalue weighted by Gasteiger charge is 2.11. The summed E-state index contributed by atoms with van der Waals surface area (Å²) in [5.74, 6) is 0.619. The van der Waals surface area contributed by atoms with Gasteiger partial charge >= 0.3 is 0 Å². The van der Waals surface area contributed by atoms with Crippen molar-refractivity contribution in [3.05, 3.63) is 35.4 Å². The molecule has 0 bridgehead atoms. The first-order valence-corrected chi connectivity index (χ1v) is 8.28. The summed E-state index contributed by atoms with van der Waals surface area (Å²) in [4.78, 5) is 0. The van der Waals surface area contributed by atoms with Gasteiger partial charge in [0.2, 0.25) is 0 Å². The van der Waals surface area contributed by atoms with Crippen LogP contribution in [-0.2, 0) is 16.3 Å². The van der Waals surface area contributed by atoms with Gasteiger partial charge in [-0.3, -0.25) is 0 Å². The lowest BCUT2D eigenvalue weighted by Gasteiger charge is -2.11. The van der Waals surface area contributed by atoms with Crippen LogP contribution in [0.4, 0.5) is 0 Å². The lowest BCUT2D eigenvalue weighted by molar-refractivity contribution is 0.174. The molecule has 3 nitrogen and oxygen atoms in total. The summed E-state index contributed by atoms with van der Waals surface area (Å²) in [6.45, 7) is 4.32. The molecule has 1 rings (SSSR count). The third-order valence-corrected chi connectivity index (χ3v) is 3.75. The molecule has 0 aliphatic heterocycles. The Morgan fingerprint density at radius 2 is 1.72 bits per heavy atom. The standard InChI is InChI=1S/C14H22O3S/c1-11(2)10-12-4-6-13(7-5-12)14(15)8-9-18(3,16)17/h4-7,11,14-15H,8-10H2,1-3H3. The van der Waals surface area contributed by atoms with Crippen molar-refractivity contribution in [1.29, 1.82) is 0 Å². The molecule has 1 aromatic rings. The number of aliphatic hydroxyl groups excluding tert-OH is 1. The Balaban J connectivity index is 2.61. The van der Waals surface area contributed by atoms with Gasteiger partial charge in [-0.2, -0.15) is 0 Å². The molecule has 0 saturated heterocycles. The number of aliphatic hydroxyl groups is 1. The van der Waals surface area contributed by atoms with Gasteiger partial charge in [0.05, 0.1) is 11.9 Å².